The number of ether oxygens (including phenoxy) is 1. The van der Waals surface area contributed by atoms with E-state index in [2.05, 4.69) is 26.9 Å². The van der Waals surface area contributed by atoms with Gasteiger partial charge in [0.2, 0.25) is 11.8 Å². The minimum atomic E-state index is 0.226. The number of hydrogen-bond acceptors (Lipinski definition) is 5. The van der Waals surface area contributed by atoms with Crippen LogP contribution in [0.4, 0.5) is 5.82 Å². The second-order valence-corrected chi connectivity index (χ2v) is 7.69. The highest BCUT2D eigenvalue weighted by Crippen LogP contribution is 2.37. The molecule has 2 aliphatic heterocycles. The molecule has 2 fully saturated rings. The monoisotopic (exact) mass is 414 g/mol. The first-order valence-electron chi connectivity index (χ1n) is 10.9. The number of guanidine groups is 1. The van der Waals surface area contributed by atoms with Gasteiger partial charge >= 0.3 is 0 Å². The normalized spacial score (nSPS) is 15.5. The molecule has 0 saturated carbocycles. The molecule has 2 aromatic rings. The fourth-order valence-electron chi connectivity index (χ4n) is 4.25. The Morgan fingerprint density at radius 1 is 0.968 bits per heavy atom. The standard InChI is InChI=1S/C24H26N6O/c1-2-31-23-20(17-26)21(18-10-4-3-5-11-18)19(16-25)22(27-23)28-24(29-12-6-7-13-29)30-14-8-9-15-30/h3-5,10-11H,2,6-9,12-15H2,1H3. The maximum atomic E-state index is 10.1. The zero-order valence-corrected chi connectivity index (χ0v) is 17.8. The molecule has 0 N–H and O–H groups in total. The number of aromatic nitrogens is 1. The van der Waals surface area contributed by atoms with Crippen molar-refractivity contribution in [2.45, 2.75) is 32.6 Å². The van der Waals surface area contributed by atoms with Crippen molar-refractivity contribution in [1.82, 2.24) is 14.8 Å². The zero-order valence-electron chi connectivity index (χ0n) is 17.8. The molecule has 7 nitrogen and oxygen atoms in total. The maximum Gasteiger partial charge on any atom is 0.234 e. The van der Waals surface area contributed by atoms with Crippen molar-refractivity contribution in [1.29, 1.82) is 10.5 Å². The van der Waals surface area contributed by atoms with Crippen molar-refractivity contribution in [2.75, 3.05) is 32.8 Å². The number of pyridine rings is 1. The minimum Gasteiger partial charge on any atom is -0.477 e. The molecule has 3 heterocycles. The zero-order chi connectivity index (χ0) is 21.6. The molecule has 0 bridgehead atoms. The van der Waals surface area contributed by atoms with E-state index in [1.54, 1.807) is 0 Å². The van der Waals surface area contributed by atoms with Crippen molar-refractivity contribution in [2.24, 2.45) is 4.99 Å². The van der Waals surface area contributed by atoms with Crippen LogP contribution in [-0.4, -0.2) is 53.5 Å². The molecule has 0 radical (unpaired) electrons. The van der Waals surface area contributed by atoms with Crippen molar-refractivity contribution < 1.29 is 4.74 Å². The predicted octanol–water partition coefficient (Wildman–Crippen LogP) is 4.07. The van der Waals surface area contributed by atoms with E-state index in [1.807, 2.05) is 37.3 Å². The summed E-state index contributed by atoms with van der Waals surface area (Å²) in [6.45, 7) is 6.05. The summed E-state index contributed by atoms with van der Waals surface area (Å²) in [5, 5.41) is 20.0. The first kappa shape index (κ1) is 20.7. The van der Waals surface area contributed by atoms with E-state index in [0.29, 0.717) is 23.6 Å². The molecule has 2 aliphatic rings. The summed E-state index contributed by atoms with van der Waals surface area (Å²) in [6, 6.07) is 14.0. The van der Waals surface area contributed by atoms with Gasteiger partial charge in [-0.15, -0.1) is 0 Å². The average Bonchev–Trinajstić information content (AvgIpc) is 3.52. The molecule has 0 spiro atoms. The molecule has 1 aromatic carbocycles. The van der Waals surface area contributed by atoms with Gasteiger partial charge in [0, 0.05) is 31.7 Å². The van der Waals surface area contributed by atoms with Gasteiger partial charge in [-0.3, -0.25) is 0 Å². The van der Waals surface area contributed by atoms with Crippen LogP contribution in [0.5, 0.6) is 5.88 Å². The first-order valence-corrected chi connectivity index (χ1v) is 10.9. The number of aliphatic imine (C=N–C) groups is 1. The highest BCUT2D eigenvalue weighted by Gasteiger charge is 2.27. The largest absolute Gasteiger partial charge is 0.477 e. The van der Waals surface area contributed by atoms with E-state index in [4.69, 9.17) is 9.73 Å². The lowest BCUT2D eigenvalue weighted by molar-refractivity contribution is 0.326. The summed E-state index contributed by atoms with van der Waals surface area (Å²) in [4.78, 5) is 14.1. The summed E-state index contributed by atoms with van der Waals surface area (Å²) in [5.41, 5.74) is 1.89. The van der Waals surface area contributed by atoms with Gasteiger partial charge in [-0.1, -0.05) is 30.3 Å². The van der Waals surface area contributed by atoms with Crippen LogP contribution in [0.25, 0.3) is 11.1 Å². The summed E-state index contributed by atoms with van der Waals surface area (Å²) in [7, 11) is 0. The van der Waals surface area contributed by atoms with Crippen LogP contribution in [-0.2, 0) is 0 Å². The molecule has 0 unspecified atom stereocenters. The molecule has 158 valence electrons. The number of rotatable bonds is 4. The molecular formula is C24H26N6O. The van der Waals surface area contributed by atoms with Gasteiger partial charge in [-0.05, 0) is 38.2 Å². The van der Waals surface area contributed by atoms with Crippen molar-refractivity contribution in [3.63, 3.8) is 0 Å². The van der Waals surface area contributed by atoms with Crippen LogP contribution in [0.2, 0.25) is 0 Å². The number of nitrogens with zero attached hydrogens (tertiary/aromatic N) is 6. The van der Waals surface area contributed by atoms with E-state index in [9.17, 15) is 10.5 Å². The summed E-state index contributed by atoms with van der Waals surface area (Å²) >= 11 is 0. The Morgan fingerprint density at radius 2 is 1.55 bits per heavy atom. The van der Waals surface area contributed by atoms with Crippen LogP contribution in [0, 0.1) is 22.7 Å². The smallest absolute Gasteiger partial charge is 0.234 e. The molecule has 1 aromatic heterocycles. The van der Waals surface area contributed by atoms with Crippen LogP contribution < -0.4 is 4.74 Å². The lowest BCUT2D eigenvalue weighted by Crippen LogP contribution is -2.41. The fourth-order valence-corrected chi connectivity index (χ4v) is 4.25. The molecule has 7 heteroatoms. The molecule has 0 aliphatic carbocycles. The van der Waals surface area contributed by atoms with Gasteiger partial charge < -0.3 is 14.5 Å². The van der Waals surface area contributed by atoms with Gasteiger partial charge in [-0.2, -0.15) is 20.5 Å². The molecule has 0 amide bonds. The van der Waals surface area contributed by atoms with Gasteiger partial charge in [0.15, 0.2) is 5.82 Å². The molecular weight excluding hydrogens is 388 g/mol. The third kappa shape index (κ3) is 4.18. The topological polar surface area (TPSA) is 88.5 Å². The highest BCUT2D eigenvalue weighted by atomic mass is 16.5. The Balaban J connectivity index is 1.94. The van der Waals surface area contributed by atoms with Crippen LogP contribution in [0.15, 0.2) is 35.3 Å². The second-order valence-electron chi connectivity index (χ2n) is 7.69. The van der Waals surface area contributed by atoms with Crippen LogP contribution >= 0.6 is 0 Å². The average molecular weight is 415 g/mol. The van der Waals surface area contributed by atoms with Crippen molar-refractivity contribution in [3.05, 3.63) is 41.5 Å². The quantitative estimate of drug-likeness (QED) is 0.553. The summed E-state index contributed by atoms with van der Waals surface area (Å²) < 4.78 is 5.72. The lowest BCUT2D eigenvalue weighted by Gasteiger charge is -2.28. The van der Waals surface area contributed by atoms with E-state index in [1.165, 1.54) is 0 Å². The number of nitriles is 2. The Labute approximate surface area is 183 Å². The van der Waals surface area contributed by atoms with E-state index in [0.717, 1.165) is 63.4 Å². The van der Waals surface area contributed by atoms with E-state index < -0.39 is 0 Å². The maximum absolute atomic E-state index is 10.1. The molecule has 0 atom stereocenters. The number of benzene rings is 1. The molecule has 4 rings (SSSR count). The number of likely N-dealkylation sites (tertiary alicyclic amines) is 2. The van der Waals surface area contributed by atoms with E-state index >= 15 is 0 Å². The molecule has 31 heavy (non-hydrogen) atoms. The Hall–Kier alpha value is -3.58. The van der Waals surface area contributed by atoms with Crippen molar-refractivity contribution >= 4 is 11.8 Å². The van der Waals surface area contributed by atoms with Gasteiger partial charge in [0.1, 0.15) is 23.3 Å². The van der Waals surface area contributed by atoms with Crippen molar-refractivity contribution in [3.8, 4) is 29.1 Å². The van der Waals surface area contributed by atoms with Gasteiger partial charge in [0.05, 0.1) is 6.61 Å². The second kappa shape index (κ2) is 9.49. The minimum absolute atomic E-state index is 0.226. The Bertz CT molecular complexity index is 1020. The Morgan fingerprint density at radius 3 is 2.06 bits per heavy atom. The number of hydrogen-bond donors (Lipinski definition) is 0. The van der Waals surface area contributed by atoms with Gasteiger partial charge in [-0.25, -0.2) is 0 Å². The highest BCUT2D eigenvalue weighted by molar-refractivity contribution is 5.87. The Kier molecular flexibility index (Phi) is 6.33. The summed E-state index contributed by atoms with van der Waals surface area (Å²) in [5.74, 6) is 1.42. The third-order valence-electron chi connectivity index (χ3n) is 5.70. The first-order chi connectivity index (χ1) is 15.3. The van der Waals surface area contributed by atoms with E-state index in [-0.39, 0.29) is 11.4 Å². The fraction of sp³-hybridized carbons (Fsp3) is 0.417. The SMILES string of the molecule is CCOc1nc(N=C(N2CCCC2)N2CCCC2)c(C#N)c(-c2ccccc2)c1C#N. The van der Waals surface area contributed by atoms with Gasteiger partial charge in [0.25, 0.3) is 0 Å². The summed E-state index contributed by atoms with van der Waals surface area (Å²) in [6.07, 6.45) is 4.55. The predicted molar refractivity (Wildman–Crippen MR) is 119 cm³/mol. The molecule has 2 saturated heterocycles. The lowest BCUT2D eigenvalue weighted by atomic mass is 9.96. The van der Waals surface area contributed by atoms with Crippen LogP contribution in [0.1, 0.15) is 43.7 Å². The third-order valence-corrected chi connectivity index (χ3v) is 5.70. The van der Waals surface area contributed by atoms with Crippen LogP contribution in [0.3, 0.4) is 0 Å².